The lowest BCUT2D eigenvalue weighted by Gasteiger charge is -2.06. The van der Waals surface area contributed by atoms with Crippen LogP contribution in [0.1, 0.15) is 28.4 Å². The van der Waals surface area contributed by atoms with Gasteiger partial charge in [0.1, 0.15) is 0 Å². The zero-order valence-electron chi connectivity index (χ0n) is 12.5. The monoisotopic (exact) mass is 295 g/mol. The predicted molar refractivity (Wildman–Crippen MR) is 86.9 cm³/mol. The lowest BCUT2D eigenvalue weighted by molar-refractivity contribution is -0.112. The van der Waals surface area contributed by atoms with Crippen LogP contribution in [-0.4, -0.2) is 17.0 Å². The van der Waals surface area contributed by atoms with Crippen LogP contribution in [0.5, 0.6) is 0 Å². The number of anilines is 1. The molecule has 0 atom stereocenters. The smallest absolute Gasteiger partial charge is 0.335 e. The van der Waals surface area contributed by atoms with E-state index in [-0.39, 0.29) is 11.5 Å². The summed E-state index contributed by atoms with van der Waals surface area (Å²) in [4.78, 5) is 23.1. The number of aryl methyl sites for hydroxylation is 1. The molecule has 0 spiro atoms. The Kier molecular flexibility index (Phi) is 4.73. The summed E-state index contributed by atoms with van der Waals surface area (Å²) in [6.45, 7) is 3.72. The zero-order valence-corrected chi connectivity index (χ0v) is 12.5. The number of amides is 1. The van der Waals surface area contributed by atoms with Gasteiger partial charge in [0.2, 0.25) is 0 Å². The molecular weight excluding hydrogens is 278 g/mol. The van der Waals surface area contributed by atoms with Gasteiger partial charge in [-0.05, 0) is 43.7 Å². The second-order valence-electron chi connectivity index (χ2n) is 5.08. The minimum absolute atomic E-state index is 0.137. The Morgan fingerprint density at radius 2 is 1.77 bits per heavy atom. The highest BCUT2D eigenvalue weighted by Crippen LogP contribution is 2.14. The van der Waals surface area contributed by atoms with Crippen molar-refractivity contribution in [2.75, 3.05) is 5.32 Å². The Morgan fingerprint density at radius 3 is 2.41 bits per heavy atom. The Bertz CT molecular complexity index is 730. The van der Waals surface area contributed by atoms with E-state index in [9.17, 15) is 9.59 Å². The molecule has 2 aromatic rings. The molecule has 0 saturated carbocycles. The van der Waals surface area contributed by atoms with E-state index in [1.165, 1.54) is 12.1 Å². The average Bonchev–Trinajstić information content (AvgIpc) is 2.49. The molecule has 0 heterocycles. The van der Waals surface area contributed by atoms with E-state index in [2.05, 4.69) is 5.32 Å². The number of aromatic carboxylic acids is 1. The molecule has 22 heavy (non-hydrogen) atoms. The summed E-state index contributed by atoms with van der Waals surface area (Å²) in [7, 11) is 0. The summed E-state index contributed by atoms with van der Waals surface area (Å²) in [5.41, 5.74) is 3.24. The van der Waals surface area contributed by atoms with Crippen molar-refractivity contribution in [3.63, 3.8) is 0 Å². The van der Waals surface area contributed by atoms with Crippen LogP contribution in [0.3, 0.4) is 0 Å². The summed E-state index contributed by atoms with van der Waals surface area (Å²) < 4.78 is 0. The highest BCUT2D eigenvalue weighted by atomic mass is 16.4. The third-order valence-electron chi connectivity index (χ3n) is 3.19. The molecule has 0 aliphatic carbocycles. The number of hydrogen-bond donors (Lipinski definition) is 2. The van der Waals surface area contributed by atoms with E-state index in [0.717, 1.165) is 11.1 Å². The fourth-order valence-corrected chi connectivity index (χ4v) is 1.94. The number of nitrogens with one attached hydrogen (secondary N) is 1. The second-order valence-corrected chi connectivity index (χ2v) is 5.08. The molecule has 2 N–H and O–H groups in total. The topological polar surface area (TPSA) is 66.4 Å². The summed E-state index contributed by atoms with van der Waals surface area (Å²) in [5, 5.41) is 11.6. The van der Waals surface area contributed by atoms with Gasteiger partial charge in [-0.15, -0.1) is 0 Å². The second kappa shape index (κ2) is 6.72. The largest absolute Gasteiger partial charge is 0.478 e. The van der Waals surface area contributed by atoms with Crippen LogP contribution >= 0.6 is 0 Å². The van der Waals surface area contributed by atoms with Crippen molar-refractivity contribution in [1.29, 1.82) is 0 Å². The van der Waals surface area contributed by atoms with Crippen LogP contribution in [-0.2, 0) is 4.79 Å². The van der Waals surface area contributed by atoms with E-state index in [4.69, 9.17) is 5.11 Å². The molecule has 0 unspecified atom stereocenters. The first-order chi connectivity index (χ1) is 10.5. The van der Waals surface area contributed by atoms with Crippen LogP contribution in [0.25, 0.3) is 6.08 Å². The van der Waals surface area contributed by atoms with Crippen molar-refractivity contribution in [3.8, 4) is 0 Å². The summed E-state index contributed by atoms with van der Waals surface area (Å²) >= 11 is 0. The Morgan fingerprint density at radius 1 is 1.09 bits per heavy atom. The molecule has 0 fully saturated rings. The first-order valence-corrected chi connectivity index (χ1v) is 6.85. The van der Waals surface area contributed by atoms with Crippen molar-refractivity contribution >= 4 is 23.6 Å². The molecule has 0 bridgehead atoms. The number of hydrogen-bond acceptors (Lipinski definition) is 2. The van der Waals surface area contributed by atoms with Crippen LogP contribution < -0.4 is 5.32 Å². The minimum Gasteiger partial charge on any atom is -0.478 e. The highest BCUT2D eigenvalue weighted by molar-refractivity contribution is 6.06. The quantitative estimate of drug-likeness (QED) is 0.844. The van der Waals surface area contributed by atoms with E-state index in [0.29, 0.717) is 11.3 Å². The fraction of sp³-hybridized carbons (Fsp3) is 0.111. The van der Waals surface area contributed by atoms with Crippen LogP contribution in [0.15, 0.2) is 54.1 Å². The summed E-state index contributed by atoms with van der Waals surface area (Å²) in [6, 6.07) is 14.0. The molecule has 4 nitrogen and oxygen atoms in total. The Balaban J connectivity index is 2.12. The van der Waals surface area contributed by atoms with Crippen LogP contribution in [0, 0.1) is 6.92 Å². The molecular formula is C18H17NO3. The lowest BCUT2D eigenvalue weighted by atomic mass is 10.1. The van der Waals surface area contributed by atoms with Gasteiger partial charge in [0, 0.05) is 11.3 Å². The number of carboxylic acid groups (broad SMARTS) is 1. The Labute approximate surface area is 129 Å². The molecule has 1 amide bonds. The van der Waals surface area contributed by atoms with Gasteiger partial charge in [-0.2, -0.15) is 0 Å². The van der Waals surface area contributed by atoms with Crippen LogP contribution in [0.4, 0.5) is 5.69 Å². The van der Waals surface area contributed by atoms with Crippen molar-refractivity contribution in [2.24, 2.45) is 0 Å². The van der Waals surface area contributed by atoms with E-state index in [1.54, 1.807) is 25.1 Å². The van der Waals surface area contributed by atoms with Crippen molar-refractivity contribution in [1.82, 2.24) is 0 Å². The molecule has 0 saturated heterocycles. The molecule has 0 aliphatic rings. The maximum atomic E-state index is 12.1. The number of carbonyl (C=O) groups excluding carboxylic acids is 1. The van der Waals surface area contributed by atoms with Gasteiger partial charge in [0.25, 0.3) is 5.91 Å². The molecule has 0 radical (unpaired) electrons. The van der Waals surface area contributed by atoms with Gasteiger partial charge in [0.15, 0.2) is 0 Å². The van der Waals surface area contributed by atoms with Crippen molar-refractivity contribution in [3.05, 3.63) is 70.8 Å². The maximum absolute atomic E-state index is 12.1. The average molecular weight is 295 g/mol. The van der Waals surface area contributed by atoms with Crippen LogP contribution in [0.2, 0.25) is 0 Å². The van der Waals surface area contributed by atoms with Gasteiger partial charge < -0.3 is 10.4 Å². The Hall–Kier alpha value is -2.88. The third kappa shape index (κ3) is 4.06. The standard InChI is InChI=1S/C18H17NO3/c1-12-6-8-14(9-7-12)10-13(2)17(20)19-16-5-3-4-15(11-16)18(21)22/h3-11H,1-2H3,(H,19,20)(H,21,22)/b13-10+. The molecule has 2 rings (SSSR count). The fourth-order valence-electron chi connectivity index (χ4n) is 1.94. The SMILES string of the molecule is C/C(=C\c1ccc(C)cc1)C(=O)Nc1cccc(C(=O)O)c1. The van der Waals surface area contributed by atoms with E-state index < -0.39 is 5.97 Å². The lowest BCUT2D eigenvalue weighted by Crippen LogP contribution is -2.13. The van der Waals surface area contributed by atoms with Crippen molar-refractivity contribution < 1.29 is 14.7 Å². The van der Waals surface area contributed by atoms with Gasteiger partial charge >= 0.3 is 5.97 Å². The summed E-state index contributed by atoms with van der Waals surface area (Å²) in [6.07, 6.45) is 1.79. The number of rotatable bonds is 4. The summed E-state index contributed by atoms with van der Waals surface area (Å²) in [5.74, 6) is -1.29. The minimum atomic E-state index is -1.02. The molecule has 0 aromatic heterocycles. The molecule has 0 aliphatic heterocycles. The number of carbonyl (C=O) groups is 2. The molecule has 2 aromatic carbocycles. The van der Waals surface area contributed by atoms with E-state index in [1.807, 2.05) is 31.2 Å². The number of benzene rings is 2. The normalized spacial score (nSPS) is 11.1. The predicted octanol–water partition coefficient (Wildman–Crippen LogP) is 3.74. The van der Waals surface area contributed by atoms with Gasteiger partial charge in [-0.1, -0.05) is 35.9 Å². The van der Waals surface area contributed by atoms with Crippen molar-refractivity contribution in [2.45, 2.75) is 13.8 Å². The molecule has 4 heteroatoms. The molecule has 112 valence electrons. The zero-order chi connectivity index (χ0) is 16.1. The third-order valence-corrected chi connectivity index (χ3v) is 3.19. The first-order valence-electron chi connectivity index (χ1n) is 6.85. The van der Waals surface area contributed by atoms with Gasteiger partial charge in [-0.3, -0.25) is 4.79 Å². The number of carboxylic acids is 1. The highest BCUT2D eigenvalue weighted by Gasteiger charge is 2.07. The van der Waals surface area contributed by atoms with Gasteiger partial charge in [-0.25, -0.2) is 4.79 Å². The van der Waals surface area contributed by atoms with E-state index >= 15 is 0 Å². The first kappa shape index (κ1) is 15.5. The maximum Gasteiger partial charge on any atom is 0.335 e. The van der Waals surface area contributed by atoms with Gasteiger partial charge in [0.05, 0.1) is 5.56 Å².